The highest BCUT2D eigenvalue weighted by atomic mass is 35.5. The Kier molecular flexibility index (Phi) is 5.83. The number of H-pyrrole nitrogens is 1. The zero-order valence-corrected chi connectivity index (χ0v) is 13.5. The van der Waals surface area contributed by atoms with Gasteiger partial charge in [-0.05, 0) is 38.1 Å². The number of halogens is 2. The Hall–Kier alpha value is -1.56. The molecular formula is C15H18Cl2N4O. The fourth-order valence-corrected chi connectivity index (χ4v) is 2.74. The van der Waals surface area contributed by atoms with Crippen LogP contribution in [0.25, 0.3) is 11.3 Å². The van der Waals surface area contributed by atoms with Crippen molar-refractivity contribution in [3.05, 3.63) is 41.0 Å². The molecule has 1 saturated heterocycles. The van der Waals surface area contributed by atoms with E-state index in [4.69, 9.17) is 11.6 Å². The van der Waals surface area contributed by atoms with Crippen LogP contribution in [0.1, 0.15) is 23.2 Å². The molecule has 1 aliphatic rings. The van der Waals surface area contributed by atoms with E-state index in [9.17, 15) is 4.79 Å². The van der Waals surface area contributed by atoms with Crippen molar-refractivity contribution in [1.82, 2.24) is 20.8 Å². The summed E-state index contributed by atoms with van der Waals surface area (Å²) in [6.07, 6.45) is 3.47. The zero-order valence-electron chi connectivity index (χ0n) is 11.9. The topological polar surface area (TPSA) is 69.8 Å². The van der Waals surface area contributed by atoms with Crippen LogP contribution in [0.5, 0.6) is 0 Å². The van der Waals surface area contributed by atoms with Gasteiger partial charge in [-0.1, -0.05) is 23.7 Å². The lowest BCUT2D eigenvalue weighted by molar-refractivity contribution is 0.0930. The maximum absolute atomic E-state index is 12.4. The molecule has 0 atom stereocenters. The molecule has 118 valence electrons. The number of carbonyl (C=O) groups is 1. The number of carbonyl (C=O) groups excluding carboxylic acids is 1. The van der Waals surface area contributed by atoms with Crippen molar-refractivity contribution < 1.29 is 4.79 Å². The van der Waals surface area contributed by atoms with Crippen molar-refractivity contribution in [3.8, 4) is 11.3 Å². The Bertz CT molecular complexity index is 638. The zero-order chi connectivity index (χ0) is 14.7. The molecule has 2 heterocycles. The van der Waals surface area contributed by atoms with Gasteiger partial charge in [-0.2, -0.15) is 5.10 Å². The first-order valence-electron chi connectivity index (χ1n) is 7.05. The predicted molar refractivity (Wildman–Crippen MR) is 89.6 cm³/mol. The minimum Gasteiger partial charge on any atom is -0.349 e. The van der Waals surface area contributed by atoms with Gasteiger partial charge in [-0.3, -0.25) is 9.89 Å². The van der Waals surface area contributed by atoms with Gasteiger partial charge >= 0.3 is 0 Å². The van der Waals surface area contributed by atoms with Gasteiger partial charge in [0.2, 0.25) is 0 Å². The summed E-state index contributed by atoms with van der Waals surface area (Å²) in [5, 5.41) is 13.9. The van der Waals surface area contributed by atoms with Crippen molar-refractivity contribution in [1.29, 1.82) is 0 Å². The van der Waals surface area contributed by atoms with Crippen LogP contribution in [-0.2, 0) is 0 Å². The lowest BCUT2D eigenvalue weighted by Crippen LogP contribution is -2.42. The largest absolute Gasteiger partial charge is 0.349 e. The molecule has 3 N–H and O–H groups in total. The molecule has 0 spiro atoms. The molecule has 1 aromatic heterocycles. The summed E-state index contributed by atoms with van der Waals surface area (Å²) >= 11 is 6.01. The SMILES string of the molecule is Cl.O=C(NC1CCNCC1)c1cn[nH]c1-c1cccc(Cl)c1. The van der Waals surface area contributed by atoms with E-state index in [-0.39, 0.29) is 24.4 Å². The Balaban J connectivity index is 0.00000176. The third-order valence-corrected chi connectivity index (χ3v) is 3.91. The number of hydrogen-bond donors (Lipinski definition) is 3. The van der Waals surface area contributed by atoms with Crippen LogP contribution in [-0.4, -0.2) is 35.2 Å². The van der Waals surface area contributed by atoms with Gasteiger partial charge in [0.05, 0.1) is 17.5 Å². The van der Waals surface area contributed by atoms with Crippen LogP contribution in [0.2, 0.25) is 5.02 Å². The Morgan fingerprint density at radius 1 is 1.32 bits per heavy atom. The molecule has 0 unspecified atom stereocenters. The molecule has 2 aromatic rings. The lowest BCUT2D eigenvalue weighted by atomic mass is 10.0. The Morgan fingerprint density at radius 2 is 2.09 bits per heavy atom. The van der Waals surface area contributed by atoms with E-state index in [0.717, 1.165) is 31.5 Å². The normalized spacial score (nSPS) is 15.1. The second-order valence-electron chi connectivity index (χ2n) is 5.17. The summed E-state index contributed by atoms with van der Waals surface area (Å²) in [5.41, 5.74) is 2.11. The van der Waals surface area contributed by atoms with Crippen LogP contribution in [0.15, 0.2) is 30.5 Å². The number of nitrogens with zero attached hydrogens (tertiary/aromatic N) is 1. The molecule has 0 saturated carbocycles. The summed E-state index contributed by atoms with van der Waals surface area (Å²) in [5.74, 6) is -0.0920. The predicted octanol–water partition coefficient (Wildman–Crippen LogP) is 2.63. The van der Waals surface area contributed by atoms with Gasteiger partial charge in [-0.15, -0.1) is 12.4 Å². The number of aromatic amines is 1. The van der Waals surface area contributed by atoms with Crippen molar-refractivity contribution in [3.63, 3.8) is 0 Å². The van der Waals surface area contributed by atoms with E-state index in [2.05, 4.69) is 20.8 Å². The average molecular weight is 341 g/mol. The third-order valence-electron chi connectivity index (χ3n) is 3.67. The van der Waals surface area contributed by atoms with E-state index in [1.165, 1.54) is 0 Å². The van der Waals surface area contributed by atoms with Gasteiger partial charge in [-0.25, -0.2) is 0 Å². The van der Waals surface area contributed by atoms with Gasteiger partial charge in [0.1, 0.15) is 0 Å². The van der Waals surface area contributed by atoms with Crippen molar-refractivity contribution in [2.75, 3.05) is 13.1 Å². The molecule has 0 radical (unpaired) electrons. The van der Waals surface area contributed by atoms with Gasteiger partial charge in [0.15, 0.2) is 0 Å². The quantitative estimate of drug-likeness (QED) is 0.804. The van der Waals surface area contributed by atoms with Crippen molar-refractivity contribution in [2.45, 2.75) is 18.9 Å². The molecule has 5 nitrogen and oxygen atoms in total. The van der Waals surface area contributed by atoms with Crippen LogP contribution in [0.4, 0.5) is 0 Å². The fourth-order valence-electron chi connectivity index (χ4n) is 2.55. The molecule has 1 fully saturated rings. The summed E-state index contributed by atoms with van der Waals surface area (Å²) in [4.78, 5) is 12.4. The molecule has 0 aliphatic carbocycles. The summed E-state index contributed by atoms with van der Waals surface area (Å²) in [6.45, 7) is 1.88. The number of benzene rings is 1. The minimum absolute atomic E-state index is 0. The molecule has 22 heavy (non-hydrogen) atoms. The minimum atomic E-state index is -0.0920. The fraction of sp³-hybridized carbons (Fsp3) is 0.333. The molecule has 1 amide bonds. The van der Waals surface area contributed by atoms with Gasteiger partial charge in [0, 0.05) is 16.6 Å². The van der Waals surface area contributed by atoms with Crippen LogP contribution in [0.3, 0.4) is 0 Å². The Labute approximate surface area is 140 Å². The lowest BCUT2D eigenvalue weighted by Gasteiger charge is -2.23. The smallest absolute Gasteiger partial charge is 0.255 e. The van der Waals surface area contributed by atoms with Crippen LogP contribution >= 0.6 is 24.0 Å². The Morgan fingerprint density at radius 3 is 2.82 bits per heavy atom. The van der Waals surface area contributed by atoms with Crippen molar-refractivity contribution >= 4 is 29.9 Å². The number of amides is 1. The molecular weight excluding hydrogens is 323 g/mol. The van der Waals surface area contributed by atoms with Crippen molar-refractivity contribution in [2.24, 2.45) is 0 Å². The first kappa shape index (κ1) is 16.8. The first-order chi connectivity index (χ1) is 10.2. The second-order valence-corrected chi connectivity index (χ2v) is 5.60. The molecule has 7 heteroatoms. The number of aromatic nitrogens is 2. The monoisotopic (exact) mass is 340 g/mol. The highest BCUT2D eigenvalue weighted by Gasteiger charge is 2.20. The number of rotatable bonds is 3. The highest BCUT2D eigenvalue weighted by molar-refractivity contribution is 6.30. The van der Waals surface area contributed by atoms with Crippen LogP contribution < -0.4 is 10.6 Å². The standard InChI is InChI=1S/C15H17ClN4O.ClH/c16-11-3-1-2-10(8-11)14-13(9-18-20-14)15(21)19-12-4-6-17-7-5-12;/h1-3,8-9,12,17H,4-7H2,(H,18,20)(H,19,21);1H. The number of hydrogen-bond acceptors (Lipinski definition) is 3. The van der Waals surface area contributed by atoms with Gasteiger partial charge in [0.25, 0.3) is 5.91 Å². The molecule has 1 aromatic carbocycles. The number of nitrogens with one attached hydrogen (secondary N) is 3. The highest BCUT2D eigenvalue weighted by Crippen LogP contribution is 2.24. The van der Waals surface area contributed by atoms with Gasteiger partial charge < -0.3 is 10.6 Å². The summed E-state index contributed by atoms with van der Waals surface area (Å²) in [6, 6.07) is 7.60. The van der Waals surface area contributed by atoms with E-state index in [0.29, 0.717) is 16.3 Å². The third kappa shape index (κ3) is 3.80. The summed E-state index contributed by atoms with van der Waals surface area (Å²) in [7, 11) is 0. The second kappa shape index (κ2) is 7.63. The average Bonchev–Trinajstić information content (AvgIpc) is 2.98. The molecule has 1 aliphatic heterocycles. The molecule has 3 rings (SSSR count). The number of piperidine rings is 1. The van der Waals surface area contributed by atoms with E-state index in [1.54, 1.807) is 12.3 Å². The van der Waals surface area contributed by atoms with E-state index < -0.39 is 0 Å². The maximum Gasteiger partial charge on any atom is 0.255 e. The van der Waals surface area contributed by atoms with E-state index >= 15 is 0 Å². The summed E-state index contributed by atoms with van der Waals surface area (Å²) < 4.78 is 0. The maximum atomic E-state index is 12.4. The molecule has 0 bridgehead atoms. The van der Waals surface area contributed by atoms with E-state index in [1.807, 2.05) is 18.2 Å². The first-order valence-corrected chi connectivity index (χ1v) is 7.43. The van der Waals surface area contributed by atoms with Crippen LogP contribution in [0, 0.1) is 0 Å².